The zero-order chi connectivity index (χ0) is 17.6. The third kappa shape index (κ3) is 2.59. The third-order valence-corrected chi connectivity index (χ3v) is 6.54. The lowest BCUT2D eigenvalue weighted by atomic mass is 10.1. The van der Waals surface area contributed by atoms with Crippen molar-refractivity contribution in [3.05, 3.63) is 69.8 Å². The Balaban J connectivity index is 1.88. The lowest BCUT2D eigenvalue weighted by Gasteiger charge is -2.12. The van der Waals surface area contributed by atoms with Crippen LogP contribution in [-0.4, -0.2) is 20.1 Å². The minimum atomic E-state index is -3.70. The number of carbonyl (C=O) groups is 2. The van der Waals surface area contributed by atoms with Gasteiger partial charge in [0.15, 0.2) is 15.6 Å². The molecule has 0 fully saturated rings. The average molecular weight is 373 g/mol. The molecule has 1 aliphatic heterocycles. The predicted octanol–water partition coefficient (Wildman–Crippen LogP) is 3.11. The van der Waals surface area contributed by atoms with Gasteiger partial charge in [-0.25, -0.2) is 8.42 Å². The van der Waals surface area contributed by atoms with Gasteiger partial charge in [0.25, 0.3) is 5.91 Å². The van der Waals surface area contributed by atoms with E-state index in [0.717, 1.165) is 0 Å². The van der Waals surface area contributed by atoms with Gasteiger partial charge in [-0.3, -0.25) is 9.59 Å². The summed E-state index contributed by atoms with van der Waals surface area (Å²) < 4.78 is 30.4. The van der Waals surface area contributed by atoms with E-state index < -0.39 is 21.5 Å². The van der Waals surface area contributed by atoms with Crippen molar-refractivity contribution in [3.8, 4) is 0 Å². The quantitative estimate of drug-likeness (QED) is 0.745. The molecular formula is C17H11NO5S2. The minimum absolute atomic E-state index is 0.0105. The number of furan rings is 1. The number of thiophene rings is 1. The van der Waals surface area contributed by atoms with Crippen LogP contribution in [0.2, 0.25) is 0 Å². The topological polar surface area (TPSA) is 93.5 Å². The summed E-state index contributed by atoms with van der Waals surface area (Å²) in [6.07, 6.45) is 1.36. The van der Waals surface area contributed by atoms with Crippen molar-refractivity contribution in [2.45, 2.75) is 10.6 Å². The molecule has 1 amide bonds. The number of fused-ring (bicyclic) bond motifs is 2. The Morgan fingerprint density at radius 2 is 2.00 bits per heavy atom. The minimum Gasteiger partial charge on any atom is -0.459 e. The summed E-state index contributed by atoms with van der Waals surface area (Å²) in [6.45, 7) is 0. The number of benzene rings is 1. The van der Waals surface area contributed by atoms with Gasteiger partial charge in [-0.1, -0.05) is 6.07 Å². The van der Waals surface area contributed by atoms with E-state index in [9.17, 15) is 18.0 Å². The standard InChI is InChI=1S/C17H11NO5S2/c19-15-14-11(18-17(20)12-4-2-7-23-12)3-1-5-13(14)25(21,22)9-10-6-8-24-16(10)15/h1-8H,9H2,(H,18,20). The van der Waals surface area contributed by atoms with Crippen molar-refractivity contribution in [1.29, 1.82) is 0 Å². The number of anilines is 1. The molecule has 1 N–H and O–H groups in total. The summed E-state index contributed by atoms with van der Waals surface area (Å²) in [5, 5.41) is 4.27. The first kappa shape index (κ1) is 15.8. The molecule has 0 atom stereocenters. The molecule has 25 heavy (non-hydrogen) atoms. The summed E-state index contributed by atoms with van der Waals surface area (Å²) in [6, 6.07) is 9.08. The van der Waals surface area contributed by atoms with Crippen LogP contribution in [0.4, 0.5) is 5.69 Å². The highest BCUT2D eigenvalue weighted by atomic mass is 32.2. The first-order valence-corrected chi connectivity index (χ1v) is 9.82. The zero-order valence-corrected chi connectivity index (χ0v) is 14.3. The Kier molecular flexibility index (Phi) is 3.59. The lowest BCUT2D eigenvalue weighted by Crippen LogP contribution is -2.16. The normalized spacial score (nSPS) is 15.1. The third-order valence-electron chi connectivity index (χ3n) is 3.88. The molecule has 8 heteroatoms. The fraction of sp³-hybridized carbons (Fsp3) is 0.0588. The molecule has 0 saturated heterocycles. The lowest BCUT2D eigenvalue weighted by molar-refractivity contribution is 0.0996. The smallest absolute Gasteiger partial charge is 0.291 e. The number of hydrogen-bond acceptors (Lipinski definition) is 6. The fourth-order valence-corrected chi connectivity index (χ4v) is 5.33. The number of rotatable bonds is 2. The molecule has 3 aromatic rings. The molecule has 0 spiro atoms. The largest absolute Gasteiger partial charge is 0.459 e. The van der Waals surface area contributed by atoms with Crippen LogP contribution in [0.15, 0.2) is 57.4 Å². The second kappa shape index (κ2) is 5.68. The molecule has 0 radical (unpaired) electrons. The molecule has 0 bridgehead atoms. The molecule has 1 aliphatic rings. The second-order valence-corrected chi connectivity index (χ2v) is 8.35. The van der Waals surface area contributed by atoms with Gasteiger partial charge in [-0.15, -0.1) is 11.3 Å². The fourth-order valence-electron chi connectivity index (χ4n) is 2.76. The number of hydrogen-bond donors (Lipinski definition) is 1. The van der Waals surface area contributed by atoms with Gasteiger partial charge in [0.05, 0.1) is 33.0 Å². The molecule has 6 nitrogen and oxygen atoms in total. The highest BCUT2D eigenvalue weighted by molar-refractivity contribution is 7.90. The number of amides is 1. The number of sulfone groups is 1. The Labute approximate surface area is 147 Å². The molecule has 0 aliphatic carbocycles. The van der Waals surface area contributed by atoms with Crippen molar-refractivity contribution in [2.75, 3.05) is 5.32 Å². The van der Waals surface area contributed by atoms with Crippen LogP contribution in [0, 0.1) is 0 Å². The first-order valence-electron chi connectivity index (χ1n) is 7.29. The Hall–Kier alpha value is -2.71. The molecule has 0 saturated carbocycles. The Bertz CT molecular complexity index is 1090. The van der Waals surface area contributed by atoms with E-state index in [1.54, 1.807) is 17.5 Å². The van der Waals surface area contributed by atoms with E-state index >= 15 is 0 Å². The predicted molar refractivity (Wildman–Crippen MR) is 91.7 cm³/mol. The summed E-state index contributed by atoms with van der Waals surface area (Å²) in [7, 11) is -3.70. The van der Waals surface area contributed by atoms with Crippen molar-refractivity contribution in [1.82, 2.24) is 0 Å². The van der Waals surface area contributed by atoms with Gasteiger partial charge in [0.2, 0.25) is 5.78 Å². The van der Waals surface area contributed by atoms with Gasteiger partial charge >= 0.3 is 0 Å². The maximum absolute atomic E-state index is 12.9. The molecule has 1 aromatic carbocycles. The van der Waals surface area contributed by atoms with E-state index in [1.165, 1.54) is 41.9 Å². The van der Waals surface area contributed by atoms with Gasteiger partial charge < -0.3 is 9.73 Å². The number of nitrogens with one attached hydrogen (secondary N) is 1. The Morgan fingerprint density at radius 1 is 1.16 bits per heavy atom. The summed E-state index contributed by atoms with van der Waals surface area (Å²) >= 11 is 1.19. The van der Waals surface area contributed by atoms with E-state index in [-0.39, 0.29) is 27.7 Å². The number of carbonyl (C=O) groups excluding carboxylic acids is 2. The second-order valence-electron chi connectivity index (χ2n) is 5.47. The van der Waals surface area contributed by atoms with Gasteiger partial charge in [0, 0.05) is 0 Å². The van der Waals surface area contributed by atoms with Gasteiger partial charge in [-0.05, 0) is 41.3 Å². The highest BCUT2D eigenvalue weighted by Gasteiger charge is 2.33. The number of ketones is 1. The maximum atomic E-state index is 12.9. The summed E-state index contributed by atoms with van der Waals surface area (Å²) in [5.41, 5.74) is 0.617. The maximum Gasteiger partial charge on any atom is 0.291 e. The monoisotopic (exact) mass is 373 g/mol. The van der Waals surface area contributed by atoms with E-state index in [1.807, 2.05) is 0 Å². The SMILES string of the molecule is O=C(Nc1cccc2c1C(=O)c1sccc1CS2(=O)=O)c1ccco1. The van der Waals surface area contributed by atoms with Crippen molar-refractivity contribution in [3.63, 3.8) is 0 Å². The first-order chi connectivity index (χ1) is 12.0. The van der Waals surface area contributed by atoms with Crippen LogP contribution >= 0.6 is 11.3 Å². The molecular weight excluding hydrogens is 362 g/mol. The van der Waals surface area contributed by atoms with Crippen LogP contribution < -0.4 is 5.32 Å². The zero-order valence-electron chi connectivity index (χ0n) is 12.7. The summed E-state index contributed by atoms with van der Waals surface area (Å²) in [4.78, 5) is 25.5. The van der Waals surface area contributed by atoms with E-state index in [2.05, 4.69) is 5.32 Å². The van der Waals surface area contributed by atoms with Crippen LogP contribution in [0.25, 0.3) is 0 Å². The average Bonchev–Trinajstić information content (AvgIpc) is 3.23. The van der Waals surface area contributed by atoms with E-state index in [0.29, 0.717) is 10.4 Å². The van der Waals surface area contributed by atoms with Crippen LogP contribution in [0.5, 0.6) is 0 Å². The van der Waals surface area contributed by atoms with Crippen LogP contribution in [0.3, 0.4) is 0 Å². The molecule has 4 rings (SSSR count). The van der Waals surface area contributed by atoms with Crippen LogP contribution in [0.1, 0.15) is 31.4 Å². The van der Waals surface area contributed by atoms with Crippen molar-refractivity contribution >= 4 is 38.6 Å². The Morgan fingerprint density at radius 3 is 2.76 bits per heavy atom. The van der Waals surface area contributed by atoms with Crippen LogP contribution in [-0.2, 0) is 15.6 Å². The molecule has 3 heterocycles. The molecule has 126 valence electrons. The molecule has 0 unspecified atom stereocenters. The van der Waals surface area contributed by atoms with Crippen molar-refractivity contribution < 1.29 is 22.4 Å². The summed E-state index contributed by atoms with van der Waals surface area (Å²) in [5.74, 6) is -1.13. The van der Waals surface area contributed by atoms with Crippen molar-refractivity contribution in [2.24, 2.45) is 0 Å². The van der Waals surface area contributed by atoms with E-state index in [4.69, 9.17) is 4.42 Å². The van der Waals surface area contributed by atoms with Gasteiger partial charge in [-0.2, -0.15) is 0 Å². The molecule has 2 aromatic heterocycles. The highest BCUT2D eigenvalue weighted by Crippen LogP contribution is 2.36. The van der Waals surface area contributed by atoms with Gasteiger partial charge in [0.1, 0.15) is 0 Å².